The summed E-state index contributed by atoms with van der Waals surface area (Å²) in [5.41, 5.74) is 0. The van der Waals surface area contributed by atoms with Gasteiger partial charge >= 0.3 is 6.16 Å². The molecule has 62 valence electrons. The lowest BCUT2D eigenvalue weighted by Gasteiger charge is -1.60. The van der Waals surface area contributed by atoms with Gasteiger partial charge in [0, 0.05) is 0 Å². The third kappa shape index (κ3) is 1960. The van der Waals surface area contributed by atoms with Crippen LogP contribution in [0.3, 0.4) is 0 Å². The maximum Gasteiger partial charge on any atom is 0.503 e. The number of carboxylic acid groups (broad SMARTS) is 2. The average molecular weight is 189 g/mol. The van der Waals surface area contributed by atoms with Gasteiger partial charge in [0.1, 0.15) is 0 Å². The second-order valence-electron chi connectivity index (χ2n) is 0.792. The number of halogens is 2. The number of rotatable bonds is 0. The van der Waals surface area contributed by atoms with Crippen LogP contribution in [0.2, 0.25) is 0 Å². The summed E-state index contributed by atoms with van der Waals surface area (Å²) < 4.78 is 0. The van der Waals surface area contributed by atoms with Crippen LogP contribution >= 0.6 is 23.2 Å². The van der Waals surface area contributed by atoms with E-state index in [0.29, 0.717) is 0 Å². The van der Waals surface area contributed by atoms with Crippen LogP contribution in [-0.2, 0) is 0 Å². The van der Waals surface area contributed by atoms with Crippen LogP contribution < -0.4 is 0 Å². The summed E-state index contributed by atoms with van der Waals surface area (Å²) in [5, 5.41) is 14.1. The predicted molar refractivity (Wildman–Crippen MR) is 43.1 cm³/mol. The highest BCUT2D eigenvalue weighted by molar-refractivity contribution is 6.40. The minimum Gasteiger partial charge on any atom is -0.450 e. The van der Waals surface area contributed by atoms with Crippen LogP contribution in [0.1, 0.15) is 6.92 Å². The zero-order chi connectivity index (χ0) is 8.99. The van der Waals surface area contributed by atoms with Gasteiger partial charge in [0.05, 0.1) is 5.34 Å². The smallest absolute Gasteiger partial charge is 0.450 e. The quantitative estimate of drug-likeness (QED) is 0.455. The second-order valence-corrected chi connectivity index (χ2v) is 1.60. The lowest BCUT2D eigenvalue weighted by atomic mass is 10.8. The standard InChI is InChI=1S/C3H6.CH2Cl2.CH2O3/c1-3-2;2-1-3;2-1(3)4/h3H,1H2,2H3;1H2;(H2,2,3,4). The van der Waals surface area contributed by atoms with Crippen molar-refractivity contribution in [1.82, 2.24) is 0 Å². The maximum absolute atomic E-state index is 8.56. The fraction of sp³-hybridized carbons (Fsp3) is 0.400. The maximum atomic E-state index is 8.56. The molecule has 0 fully saturated rings. The Morgan fingerprint density at radius 2 is 1.60 bits per heavy atom. The van der Waals surface area contributed by atoms with Gasteiger partial charge in [-0.3, -0.25) is 0 Å². The van der Waals surface area contributed by atoms with Crippen molar-refractivity contribution in [3.8, 4) is 0 Å². The van der Waals surface area contributed by atoms with Crippen molar-refractivity contribution in [3.05, 3.63) is 12.7 Å². The zero-order valence-electron chi connectivity index (χ0n) is 5.55. The number of hydrogen-bond donors (Lipinski definition) is 2. The molecule has 0 aliphatic rings. The predicted octanol–water partition coefficient (Wildman–Crippen LogP) is 2.84. The topological polar surface area (TPSA) is 57.5 Å². The molecule has 5 heteroatoms. The van der Waals surface area contributed by atoms with E-state index in [1.807, 2.05) is 6.92 Å². The van der Waals surface area contributed by atoms with Crippen LogP contribution in [0.15, 0.2) is 12.7 Å². The van der Waals surface area contributed by atoms with Gasteiger partial charge in [-0.15, -0.1) is 29.8 Å². The molecular weight excluding hydrogens is 179 g/mol. The fourth-order valence-corrected chi connectivity index (χ4v) is 0. The first-order chi connectivity index (χ1) is 4.56. The molecule has 0 saturated heterocycles. The highest BCUT2D eigenvalue weighted by Crippen LogP contribution is 1.73. The van der Waals surface area contributed by atoms with E-state index in [1.165, 1.54) is 0 Å². The largest absolute Gasteiger partial charge is 0.503 e. The van der Waals surface area contributed by atoms with Gasteiger partial charge in [0.2, 0.25) is 0 Å². The second kappa shape index (κ2) is 23.5. The first-order valence-corrected chi connectivity index (χ1v) is 3.24. The van der Waals surface area contributed by atoms with E-state index in [1.54, 1.807) is 6.08 Å². The molecule has 0 amide bonds. The molecule has 0 rings (SSSR count). The Labute approximate surface area is 69.9 Å². The highest BCUT2D eigenvalue weighted by Gasteiger charge is 1.70. The third-order valence-corrected chi connectivity index (χ3v) is 0. The van der Waals surface area contributed by atoms with Crippen LogP contribution in [0.5, 0.6) is 0 Å². The van der Waals surface area contributed by atoms with Crippen molar-refractivity contribution in [2.24, 2.45) is 0 Å². The molecule has 0 spiro atoms. The Hall–Kier alpha value is -0.410. The minimum atomic E-state index is -1.83. The molecule has 0 aromatic rings. The molecule has 0 unspecified atom stereocenters. The fourth-order valence-electron chi connectivity index (χ4n) is 0. The molecular formula is C5H10Cl2O3. The Morgan fingerprint density at radius 1 is 1.60 bits per heavy atom. The van der Waals surface area contributed by atoms with Gasteiger partial charge in [-0.05, 0) is 6.92 Å². The monoisotopic (exact) mass is 188 g/mol. The van der Waals surface area contributed by atoms with Crippen LogP contribution in [0, 0.1) is 0 Å². The SMILES string of the molecule is C=CC.ClCCl.O=C(O)O. The molecule has 0 bridgehead atoms. The van der Waals surface area contributed by atoms with E-state index in [-0.39, 0.29) is 5.34 Å². The van der Waals surface area contributed by atoms with Crippen molar-refractivity contribution >= 4 is 29.4 Å². The summed E-state index contributed by atoms with van der Waals surface area (Å²) in [5.74, 6) is 0. The van der Waals surface area contributed by atoms with E-state index in [0.717, 1.165) is 0 Å². The van der Waals surface area contributed by atoms with Crippen molar-refractivity contribution in [1.29, 1.82) is 0 Å². The van der Waals surface area contributed by atoms with E-state index < -0.39 is 6.16 Å². The van der Waals surface area contributed by atoms with Gasteiger partial charge in [-0.1, -0.05) is 6.08 Å². The molecule has 0 aliphatic carbocycles. The first-order valence-electron chi connectivity index (χ1n) is 2.17. The lowest BCUT2D eigenvalue weighted by molar-refractivity contribution is 0.137. The van der Waals surface area contributed by atoms with Crippen molar-refractivity contribution in [2.75, 3.05) is 5.34 Å². The number of carbonyl (C=O) groups is 1. The highest BCUT2D eigenvalue weighted by atomic mass is 35.5. The molecule has 10 heavy (non-hydrogen) atoms. The number of allylic oxidation sites excluding steroid dienone is 1. The third-order valence-electron chi connectivity index (χ3n) is 0. The molecule has 0 saturated carbocycles. The molecule has 3 nitrogen and oxygen atoms in total. The summed E-state index contributed by atoms with van der Waals surface area (Å²) in [7, 11) is 0. The Kier molecular flexibility index (Phi) is 38.3. The van der Waals surface area contributed by atoms with Crippen LogP contribution in [0.4, 0.5) is 4.79 Å². The Morgan fingerprint density at radius 3 is 1.60 bits per heavy atom. The van der Waals surface area contributed by atoms with Crippen LogP contribution in [-0.4, -0.2) is 21.7 Å². The molecule has 0 aliphatic heterocycles. The first kappa shape index (κ1) is 16.3. The number of alkyl halides is 2. The minimum absolute atomic E-state index is 0.194. The molecule has 0 aromatic heterocycles. The average Bonchev–Trinajstić information content (AvgIpc) is 1.65. The Bertz CT molecular complexity index is 71.3. The normalized spacial score (nSPS) is 5.50. The molecule has 0 radical (unpaired) electrons. The van der Waals surface area contributed by atoms with E-state index in [2.05, 4.69) is 6.58 Å². The van der Waals surface area contributed by atoms with Gasteiger partial charge < -0.3 is 10.2 Å². The van der Waals surface area contributed by atoms with Crippen molar-refractivity contribution < 1.29 is 15.0 Å². The van der Waals surface area contributed by atoms with Gasteiger partial charge in [0.25, 0.3) is 0 Å². The molecule has 0 heterocycles. The summed E-state index contributed by atoms with van der Waals surface area (Å²) in [6.45, 7) is 5.25. The van der Waals surface area contributed by atoms with Gasteiger partial charge in [-0.25, -0.2) is 4.79 Å². The summed E-state index contributed by atoms with van der Waals surface area (Å²) >= 11 is 9.53. The summed E-state index contributed by atoms with van der Waals surface area (Å²) in [4.78, 5) is 8.56. The summed E-state index contributed by atoms with van der Waals surface area (Å²) in [6.07, 6.45) is -0.0833. The summed E-state index contributed by atoms with van der Waals surface area (Å²) in [6, 6.07) is 0. The van der Waals surface area contributed by atoms with E-state index in [4.69, 9.17) is 38.2 Å². The lowest BCUT2D eigenvalue weighted by Crippen LogP contribution is -1.81. The molecule has 0 aromatic carbocycles. The molecule has 2 N–H and O–H groups in total. The van der Waals surface area contributed by atoms with Crippen molar-refractivity contribution in [3.63, 3.8) is 0 Å². The van der Waals surface area contributed by atoms with Gasteiger partial charge in [0.15, 0.2) is 0 Å². The molecule has 0 atom stereocenters. The van der Waals surface area contributed by atoms with E-state index in [9.17, 15) is 0 Å². The Balaban J connectivity index is -0.0000000750. The number of hydrogen-bond acceptors (Lipinski definition) is 1. The van der Waals surface area contributed by atoms with E-state index >= 15 is 0 Å². The van der Waals surface area contributed by atoms with Crippen LogP contribution in [0.25, 0.3) is 0 Å². The zero-order valence-corrected chi connectivity index (χ0v) is 7.06. The van der Waals surface area contributed by atoms with Gasteiger partial charge in [-0.2, -0.15) is 0 Å². The van der Waals surface area contributed by atoms with Crippen molar-refractivity contribution in [2.45, 2.75) is 6.92 Å².